The maximum atomic E-state index is 2.39. The van der Waals surface area contributed by atoms with Crippen molar-refractivity contribution in [3.8, 4) is 16.8 Å². The molecule has 0 fully saturated rings. The van der Waals surface area contributed by atoms with Crippen molar-refractivity contribution in [1.82, 2.24) is 4.57 Å². The van der Waals surface area contributed by atoms with E-state index in [0.29, 0.717) is 0 Å². The van der Waals surface area contributed by atoms with Crippen molar-refractivity contribution in [3.05, 3.63) is 169 Å². The first-order chi connectivity index (χ1) is 21.7. The van der Waals surface area contributed by atoms with Gasteiger partial charge in [0.15, 0.2) is 0 Å². The summed E-state index contributed by atoms with van der Waals surface area (Å²) in [4.78, 5) is 2.33. The standard InChI is InChI=1S/C42H32N2/c1-29-22-23-34(43(31-14-6-3-7-15-31)32-16-8-4-9-17-32)28-39(29)36-24-25-37-35(30(36)2)26-27-41-42(37)38-20-12-13-21-40(38)44(41)33-18-10-5-11-19-33/h3-28H,1-2H3. The summed E-state index contributed by atoms with van der Waals surface area (Å²) in [6.45, 7) is 4.49. The molecular formula is C42H32N2. The molecule has 0 aliphatic carbocycles. The Morgan fingerprint density at radius 2 is 1.05 bits per heavy atom. The predicted molar refractivity (Wildman–Crippen MR) is 188 cm³/mol. The number of hydrogen-bond acceptors (Lipinski definition) is 1. The smallest absolute Gasteiger partial charge is 0.0547 e. The molecule has 2 nitrogen and oxygen atoms in total. The van der Waals surface area contributed by atoms with Crippen molar-refractivity contribution in [2.24, 2.45) is 0 Å². The van der Waals surface area contributed by atoms with Crippen LogP contribution >= 0.6 is 0 Å². The summed E-state index contributed by atoms with van der Waals surface area (Å²) in [6, 6.07) is 56.8. The number of para-hydroxylation sites is 4. The summed E-state index contributed by atoms with van der Waals surface area (Å²) < 4.78 is 2.39. The van der Waals surface area contributed by atoms with E-state index < -0.39 is 0 Å². The van der Waals surface area contributed by atoms with Crippen LogP contribution in [0, 0.1) is 13.8 Å². The minimum absolute atomic E-state index is 1.14. The number of hydrogen-bond donors (Lipinski definition) is 0. The summed E-state index contributed by atoms with van der Waals surface area (Å²) >= 11 is 0. The summed E-state index contributed by atoms with van der Waals surface area (Å²) in [5.74, 6) is 0. The molecule has 210 valence electrons. The van der Waals surface area contributed by atoms with Crippen LogP contribution in [0.3, 0.4) is 0 Å². The quantitative estimate of drug-likeness (QED) is 0.202. The Bertz CT molecular complexity index is 2240. The molecule has 1 heterocycles. The molecule has 2 heteroatoms. The van der Waals surface area contributed by atoms with Crippen LogP contribution in [0.4, 0.5) is 17.1 Å². The first-order valence-corrected chi connectivity index (χ1v) is 15.2. The Morgan fingerprint density at radius 3 is 1.75 bits per heavy atom. The van der Waals surface area contributed by atoms with Gasteiger partial charge in [0.2, 0.25) is 0 Å². The molecule has 0 saturated heterocycles. The molecule has 8 rings (SSSR count). The molecule has 7 aromatic carbocycles. The van der Waals surface area contributed by atoms with E-state index in [0.717, 1.165) is 17.1 Å². The zero-order valence-corrected chi connectivity index (χ0v) is 24.9. The monoisotopic (exact) mass is 564 g/mol. The SMILES string of the molecule is Cc1ccc(N(c2ccccc2)c2ccccc2)cc1-c1ccc2c(ccc3c2c2ccccc2n3-c2ccccc2)c1C. The van der Waals surface area contributed by atoms with Crippen LogP contribution in [0.25, 0.3) is 49.4 Å². The summed E-state index contributed by atoms with van der Waals surface area (Å²) in [6.07, 6.45) is 0. The zero-order chi connectivity index (χ0) is 29.6. The van der Waals surface area contributed by atoms with E-state index in [9.17, 15) is 0 Å². The van der Waals surface area contributed by atoms with Crippen LogP contribution in [0.1, 0.15) is 11.1 Å². The average Bonchev–Trinajstić information content (AvgIpc) is 3.42. The average molecular weight is 565 g/mol. The third kappa shape index (κ3) is 4.19. The topological polar surface area (TPSA) is 8.17 Å². The molecule has 0 atom stereocenters. The number of aromatic nitrogens is 1. The van der Waals surface area contributed by atoms with E-state index in [1.807, 2.05) is 0 Å². The molecule has 0 aliphatic rings. The number of rotatable bonds is 5. The fourth-order valence-electron chi connectivity index (χ4n) is 6.81. The Morgan fingerprint density at radius 1 is 0.432 bits per heavy atom. The summed E-state index contributed by atoms with van der Waals surface area (Å²) in [5, 5.41) is 5.17. The van der Waals surface area contributed by atoms with E-state index in [4.69, 9.17) is 0 Å². The molecule has 0 saturated carbocycles. The van der Waals surface area contributed by atoms with Crippen molar-refractivity contribution in [3.63, 3.8) is 0 Å². The fourth-order valence-corrected chi connectivity index (χ4v) is 6.81. The van der Waals surface area contributed by atoms with Gasteiger partial charge in [-0.1, -0.05) is 97.1 Å². The molecule has 0 unspecified atom stereocenters. The molecule has 1 aromatic heterocycles. The van der Waals surface area contributed by atoms with E-state index in [1.165, 1.54) is 60.5 Å². The lowest BCUT2D eigenvalue weighted by molar-refractivity contribution is 1.18. The van der Waals surface area contributed by atoms with Crippen LogP contribution < -0.4 is 4.90 Å². The lowest BCUT2D eigenvalue weighted by Gasteiger charge is -2.26. The van der Waals surface area contributed by atoms with Gasteiger partial charge in [-0.3, -0.25) is 0 Å². The van der Waals surface area contributed by atoms with Gasteiger partial charge in [0, 0.05) is 33.5 Å². The first kappa shape index (κ1) is 26.1. The maximum absolute atomic E-state index is 2.39. The van der Waals surface area contributed by atoms with Crippen molar-refractivity contribution >= 4 is 49.6 Å². The number of aryl methyl sites for hydroxylation is 2. The number of fused-ring (bicyclic) bond motifs is 5. The van der Waals surface area contributed by atoms with E-state index in [-0.39, 0.29) is 0 Å². The molecule has 8 aromatic rings. The lowest BCUT2D eigenvalue weighted by Crippen LogP contribution is -2.10. The van der Waals surface area contributed by atoms with Gasteiger partial charge in [0.05, 0.1) is 11.0 Å². The molecule has 0 N–H and O–H groups in total. The molecule has 44 heavy (non-hydrogen) atoms. The zero-order valence-electron chi connectivity index (χ0n) is 24.9. The van der Waals surface area contributed by atoms with Crippen LogP contribution in [0.2, 0.25) is 0 Å². The van der Waals surface area contributed by atoms with Crippen molar-refractivity contribution in [1.29, 1.82) is 0 Å². The van der Waals surface area contributed by atoms with E-state index in [1.54, 1.807) is 0 Å². The Labute approximate surface area is 258 Å². The van der Waals surface area contributed by atoms with Crippen molar-refractivity contribution in [2.75, 3.05) is 4.90 Å². The van der Waals surface area contributed by atoms with Crippen molar-refractivity contribution in [2.45, 2.75) is 13.8 Å². The fraction of sp³-hybridized carbons (Fsp3) is 0.0476. The Hall–Kier alpha value is -5.60. The first-order valence-electron chi connectivity index (χ1n) is 15.2. The van der Waals surface area contributed by atoms with Gasteiger partial charge in [-0.05, 0) is 108 Å². The highest BCUT2D eigenvalue weighted by Crippen LogP contribution is 2.42. The molecule has 0 aliphatic heterocycles. The van der Waals surface area contributed by atoms with Gasteiger partial charge in [0.1, 0.15) is 0 Å². The second-order valence-corrected chi connectivity index (χ2v) is 11.5. The van der Waals surface area contributed by atoms with Crippen LogP contribution in [-0.4, -0.2) is 4.57 Å². The van der Waals surface area contributed by atoms with E-state index >= 15 is 0 Å². The molecule has 0 bridgehead atoms. The number of nitrogens with zero attached hydrogens (tertiary/aromatic N) is 2. The molecule has 0 spiro atoms. The third-order valence-corrected chi connectivity index (χ3v) is 8.92. The van der Waals surface area contributed by atoms with Crippen molar-refractivity contribution < 1.29 is 0 Å². The number of anilines is 3. The third-order valence-electron chi connectivity index (χ3n) is 8.92. The lowest BCUT2D eigenvalue weighted by atomic mass is 9.91. The highest BCUT2D eigenvalue weighted by atomic mass is 15.1. The van der Waals surface area contributed by atoms with Crippen LogP contribution in [0.5, 0.6) is 0 Å². The predicted octanol–water partition coefficient (Wildman–Crippen LogP) is 11.7. The van der Waals surface area contributed by atoms with Gasteiger partial charge in [-0.15, -0.1) is 0 Å². The highest BCUT2D eigenvalue weighted by molar-refractivity contribution is 6.22. The normalized spacial score (nSPS) is 11.4. The second-order valence-electron chi connectivity index (χ2n) is 11.5. The second kappa shape index (κ2) is 10.6. The van der Waals surface area contributed by atoms with Gasteiger partial charge in [-0.25, -0.2) is 0 Å². The number of benzene rings is 7. The molecule has 0 radical (unpaired) electrons. The summed E-state index contributed by atoms with van der Waals surface area (Å²) in [5.41, 5.74) is 12.1. The Kier molecular flexibility index (Phi) is 6.27. The minimum atomic E-state index is 1.14. The highest BCUT2D eigenvalue weighted by Gasteiger charge is 2.18. The molecular weight excluding hydrogens is 532 g/mol. The molecule has 0 amide bonds. The van der Waals surface area contributed by atoms with Gasteiger partial charge < -0.3 is 9.47 Å². The van der Waals surface area contributed by atoms with Gasteiger partial charge >= 0.3 is 0 Å². The largest absolute Gasteiger partial charge is 0.310 e. The van der Waals surface area contributed by atoms with Crippen LogP contribution in [0.15, 0.2) is 158 Å². The van der Waals surface area contributed by atoms with E-state index in [2.05, 4.69) is 181 Å². The Balaban J connectivity index is 1.33. The van der Waals surface area contributed by atoms with Crippen LogP contribution in [-0.2, 0) is 0 Å². The summed E-state index contributed by atoms with van der Waals surface area (Å²) in [7, 11) is 0. The van der Waals surface area contributed by atoms with Gasteiger partial charge in [0.25, 0.3) is 0 Å². The minimum Gasteiger partial charge on any atom is -0.310 e. The maximum Gasteiger partial charge on any atom is 0.0547 e. The van der Waals surface area contributed by atoms with Gasteiger partial charge in [-0.2, -0.15) is 0 Å².